The van der Waals surface area contributed by atoms with Gasteiger partial charge in [-0.25, -0.2) is 4.98 Å². The minimum Gasteiger partial charge on any atom is -0.305 e. The molecule has 0 aliphatic carbocycles. The van der Waals surface area contributed by atoms with Crippen molar-refractivity contribution >= 4 is 11.6 Å². The molecule has 0 saturated heterocycles. The zero-order valence-corrected chi connectivity index (χ0v) is 7.86. The van der Waals surface area contributed by atoms with E-state index < -0.39 is 0 Å². The van der Waals surface area contributed by atoms with Gasteiger partial charge in [-0.05, 0) is 13.0 Å². The average molecular weight is 194 g/mol. The first-order valence-corrected chi connectivity index (χ1v) is 4.26. The molecule has 2 aromatic heterocycles. The molecule has 0 saturated carbocycles. The van der Waals surface area contributed by atoms with Crippen molar-refractivity contribution in [2.24, 2.45) is 0 Å². The Morgan fingerprint density at radius 2 is 2.23 bits per heavy atom. The van der Waals surface area contributed by atoms with Crippen LogP contribution in [-0.2, 0) is 0 Å². The number of aryl methyl sites for hydroxylation is 1. The number of hydrogen-bond donors (Lipinski definition) is 0. The van der Waals surface area contributed by atoms with Gasteiger partial charge in [0, 0.05) is 18.6 Å². The zero-order valence-electron chi connectivity index (χ0n) is 7.11. The van der Waals surface area contributed by atoms with Crippen molar-refractivity contribution in [2.45, 2.75) is 6.92 Å². The van der Waals surface area contributed by atoms with Crippen LogP contribution in [0.5, 0.6) is 0 Å². The Hall–Kier alpha value is -1.35. The highest BCUT2D eigenvalue weighted by atomic mass is 35.5. The van der Waals surface area contributed by atoms with Crippen LogP contribution in [0.2, 0.25) is 5.02 Å². The molecular formula is C9H8ClN3. The molecule has 66 valence electrons. The van der Waals surface area contributed by atoms with E-state index in [2.05, 4.69) is 9.97 Å². The normalized spacial score (nSPS) is 10.3. The number of aromatic nitrogens is 3. The lowest BCUT2D eigenvalue weighted by Crippen LogP contribution is -1.94. The summed E-state index contributed by atoms with van der Waals surface area (Å²) in [5, 5.41) is 0.667. The van der Waals surface area contributed by atoms with Crippen molar-refractivity contribution in [3.8, 4) is 5.69 Å². The SMILES string of the molecule is Cc1nccc(-n2ccnc2)c1Cl. The molecule has 3 nitrogen and oxygen atoms in total. The second-order valence-electron chi connectivity index (χ2n) is 2.70. The molecule has 0 aliphatic rings. The van der Waals surface area contributed by atoms with E-state index in [9.17, 15) is 0 Å². The summed E-state index contributed by atoms with van der Waals surface area (Å²) in [4.78, 5) is 8.04. The second-order valence-corrected chi connectivity index (χ2v) is 3.08. The van der Waals surface area contributed by atoms with Gasteiger partial charge in [0.2, 0.25) is 0 Å². The smallest absolute Gasteiger partial charge is 0.0992 e. The number of imidazole rings is 1. The fourth-order valence-electron chi connectivity index (χ4n) is 1.14. The summed E-state index contributed by atoms with van der Waals surface area (Å²) in [6, 6.07) is 1.86. The van der Waals surface area contributed by atoms with Crippen LogP contribution < -0.4 is 0 Å². The van der Waals surface area contributed by atoms with Crippen LogP contribution in [0.1, 0.15) is 5.69 Å². The van der Waals surface area contributed by atoms with Gasteiger partial charge >= 0.3 is 0 Å². The number of hydrogen-bond acceptors (Lipinski definition) is 2. The van der Waals surface area contributed by atoms with Crippen molar-refractivity contribution < 1.29 is 0 Å². The van der Waals surface area contributed by atoms with Gasteiger partial charge in [-0.2, -0.15) is 0 Å². The minimum atomic E-state index is 0.667. The molecule has 13 heavy (non-hydrogen) atoms. The largest absolute Gasteiger partial charge is 0.305 e. The first kappa shape index (κ1) is 8.26. The summed E-state index contributed by atoms with van der Waals surface area (Å²) >= 11 is 6.07. The van der Waals surface area contributed by atoms with E-state index in [4.69, 9.17) is 11.6 Å². The Labute approximate surface area is 81.0 Å². The molecule has 0 aromatic carbocycles. The number of halogens is 1. The fourth-order valence-corrected chi connectivity index (χ4v) is 1.35. The molecule has 0 fully saturated rings. The number of rotatable bonds is 1. The lowest BCUT2D eigenvalue weighted by atomic mass is 10.3. The molecule has 4 heteroatoms. The Morgan fingerprint density at radius 1 is 1.38 bits per heavy atom. The van der Waals surface area contributed by atoms with Gasteiger partial charge in [-0.15, -0.1) is 0 Å². The van der Waals surface area contributed by atoms with E-state index in [1.807, 2.05) is 23.8 Å². The molecule has 2 aromatic rings. The minimum absolute atomic E-state index is 0.667. The van der Waals surface area contributed by atoms with Crippen molar-refractivity contribution in [1.29, 1.82) is 0 Å². The quantitative estimate of drug-likeness (QED) is 0.696. The number of nitrogens with zero attached hydrogens (tertiary/aromatic N) is 3. The molecule has 0 unspecified atom stereocenters. The standard InChI is InChI=1S/C9H8ClN3/c1-7-9(10)8(2-3-12-7)13-5-4-11-6-13/h2-6H,1H3. The summed E-state index contributed by atoms with van der Waals surface area (Å²) in [6.45, 7) is 1.88. The predicted octanol–water partition coefficient (Wildman–Crippen LogP) is 2.23. The predicted molar refractivity (Wildman–Crippen MR) is 51.1 cm³/mol. The van der Waals surface area contributed by atoms with E-state index in [1.54, 1.807) is 18.7 Å². The maximum atomic E-state index is 6.07. The van der Waals surface area contributed by atoms with Gasteiger partial charge in [-0.3, -0.25) is 4.98 Å². The van der Waals surface area contributed by atoms with Crippen molar-refractivity contribution in [3.05, 3.63) is 41.7 Å². The average Bonchev–Trinajstić information content (AvgIpc) is 2.62. The molecule has 0 spiro atoms. The maximum Gasteiger partial charge on any atom is 0.0992 e. The van der Waals surface area contributed by atoms with Crippen LogP contribution >= 0.6 is 11.6 Å². The highest BCUT2D eigenvalue weighted by Gasteiger charge is 2.04. The molecule has 0 aliphatic heterocycles. The summed E-state index contributed by atoms with van der Waals surface area (Å²) in [5.41, 5.74) is 1.74. The van der Waals surface area contributed by atoms with Crippen molar-refractivity contribution in [2.75, 3.05) is 0 Å². The van der Waals surface area contributed by atoms with Crippen LogP contribution in [0.4, 0.5) is 0 Å². The molecule has 0 amide bonds. The molecule has 2 rings (SSSR count). The van der Waals surface area contributed by atoms with Gasteiger partial charge in [0.05, 0.1) is 22.7 Å². The molecule has 0 N–H and O–H groups in total. The first-order valence-electron chi connectivity index (χ1n) is 3.88. The molecular weight excluding hydrogens is 186 g/mol. The maximum absolute atomic E-state index is 6.07. The summed E-state index contributed by atoms with van der Waals surface area (Å²) in [6.07, 6.45) is 7.00. The van der Waals surface area contributed by atoms with Crippen LogP contribution in [0.15, 0.2) is 31.0 Å². The van der Waals surface area contributed by atoms with Gasteiger partial charge in [0.25, 0.3) is 0 Å². The van der Waals surface area contributed by atoms with Crippen LogP contribution in [-0.4, -0.2) is 14.5 Å². The Morgan fingerprint density at radius 3 is 2.92 bits per heavy atom. The third kappa shape index (κ3) is 1.42. The van der Waals surface area contributed by atoms with Crippen LogP contribution in [0, 0.1) is 6.92 Å². The summed E-state index contributed by atoms with van der Waals surface area (Å²) < 4.78 is 1.86. The first-order chi connectivity index (χ1) is 6.29. The van der Waals surface area contributed by atoms with Gasteiger partial charge < -0.3 is 4.57 Å². The van der Waals surface area contributed by atoms with Crippen molar-refractivity contribution in [1.82, 2.24) is 14.5 Å². The highest BCUT2D eigenvalue weighted by Crippen LogP contribution is 2.21. The van der Waals surface area contributed by atoms with E-state index >= 15 is 0 Å². The molecule has 2 heterocycles. The van der Waals surface area contributed by atoms with E-state index in [0.29, 0.717) is 5.02 Å². The Balaban J connectivity index is 2.59. The van der Waals surface area contributed by atoms with E-state index in [0.717, 1.165) is 11.4 Å². The third-order valence-electron chi connectivity index (χ3n) is 1.83. The lowest BCUT2D eigenvalue weighted by Gasteiger charge is -2.05. The van der Waals surface area contributed by atoms with Crippen molar-refractivity contribution in [3.63, 3.8) is 0 Å². The monoisotopic (exact) mass is 193 g/mol. The second kappa shape index (κ2) is 3.18. The Bertz CT molecular complexity index is 409. The summed E-state index contributed by atoms with van der Waals surface area (Å²) in [7, 11) is 0. The third-order valence-corrected chi connectivity index (χ3v) is 2.29. The van der Waals surface area contributed by atoms with Gasteiger partial charge in [-0.1, -0.05) is 11.6 Å². The molecule has 0 atom stereocenters. The molecule has 0 radical (unpaired) electrons. The zero-order chi connectivity index (χ0) is 9.26. The number of pyridine rings is 1. The lowest BCUT2D eigenvalue weighted by molar-refractivity contribution is 1.04. The molecule has 0 bridgehead atoms. The highest BCUT2D eigenvalue weighted by molar-refractivity contribution is 6.32. The van der Waals surface area contributed by atoms with Gasteiger partial charge in [0.1, 0.15) is 0 Å². The van der Waals surface area contributed by atoms with Crippen LogP contribution in [0.25, 0.3) is 5.69 Å². The van der Waals surface area contributed by atoms with E-state index in [1.165, 1.54) is 0 Å². The topological polar surface area (TPSA) is 30.7 Å². The van der Waals surface area contributed by atoms with E-state index in [-0.39, 0.29) is 0 Å². The Kier molecular flexibility index (Phi) is 2.02. The van der Waals surface area contributed by atoms with Crippen LogP contribution in [0.3, 0.4) is 0 Å². The summed E-state index contributed by atoms with van der Waals surface area (Å²) in [5.74, 6) is 0. The fraction of sp³-hybridized carbons (Fsp3) is 0.111. The van der Waals surface area contributed by atoms with Gasteiger partial charge in [0.15, 0.2) is 0 Å².